The average molecular weight is 227 g/mol. The first-order chi connectivity index (χ1) is 7.35. The predicted molar refractivity (Wildman–Crippen MR) is 60.8 cm³/mol. The van der Waals surface area contributed by atoms with Gasteiger partial charge in [-0.25, -0.2) is 0 Å². The van der Waals surface area contributed by atoms with Crippen LogP contribution in [0, 0.1) is 0 Å². The molecule has 0 spiro atoms. The van der Waals surface area contributed by atoms with Gasteiger partial charge in [-0.3, -0.25) is 0 Å². The van der Waals surface area contributed by atoms with Crippen molar-refractivity contribution in [2.24, 2.45) is 0 Å². The second kappa shape index (κ2) is 4.99. The van der Waals surface area contributed by atoms with E-state index in [0.717, 1.165) is 5.25 Å². The highest BCUT2D eigenvalue weighted by Crippen LogP contribution is 2.34. The van der Waals surface area contributed by atoms with Gasteiger partial charge in [0.05, 0.1) is 0 Å². The summed E-state index contributed by atoms with van der Waals surface area (Å²) in [7, 11) is 0. The molecule has 0 amide bonds. The number of hydrogen-bond donors (Lipinski definition) is 1. The van der Waals surface area contributed by atoms with Crippen LogP contribution in [0.4, 0.5) is 0 Å². The third-order valence-corrected chi connectivity index (χ3v) is 4.21. The van der Waals surface area contributed by atoms with Crippen molar-refractivity contribution >= 4 is 11.8 Å². The first kappa shape index (κ1) is 11.0. The molecule has 2 atom stereocenters. The Labute approximate surface area is 94.1 Å². The standard InChI is InChI=1S/C10H17N3OS/c1-15-9-4-2-3-8(5-9)13-7-11-12-10(13)6-14/h7-9,14H,2-6H2,1H3. The summed E-state index contributed by atoms with van der Waals surface area (Å²) in [6.45, 7) is -0.0135. The largest absolute Gasteiger partial charge is 0.388 e. The molecule has 0 bridgehead atoms. The van der Waals surface area contributed by atoms with Crippen LogP contribution in [0.15, 0.2) is 6.33 Å². The molecule has 1 heterocycles. The van der Waals surface area contributed by atoms with Gasteiger partial charge in [0, 0.05) is 11.3 Å². The van der Waals surface area contributed by atoms with Gasteiger partial charge < -0.3 is 9.67 Å². The summed E-state index contributed by atoms with van der Waals surface area (Å²) >= 11 is 1.94. The highest BCUT2D eigenvalue weighted by Gasteiger charge is 2.24. The molecule has 1 aromatic rings. The highest BCUT2D eigenvalue weighted by atomic mass is 32.2. The zero-order chi connectivity index (χ0) is 10.7. The number of thioether (sulfide) groups is 1. The van der Waals surface area contributed by atoms with E-state index in [9.17, 15) is 0 Å². The van der Waals surface area contributed by atoms with Crippen LogP contribution < -0.4 is 0 Å². The van der Waals surface area contributed by atoms with Crippen molar-refractivity contribution in [3.8, 4) is 0 Å². The van der Waals surface area contributed by atoms with Crippen LogP contribution in [0.2, 0.25) is 0 Å². The minimum absolute atomic E-state index is 0.0135. The van der Waals surface area contributed by atoms with Gasteiger partial charge in [-0.15, -0.1) is 10.2 Å². The maximum atomic E-state index is 9.13. The van der Waals surface area contributed by atoms with E-state index in [-0.39, 0.29) is 6.61 Å². The maximum Gasteiger partial charge on any atom is 0.158 e. The smallest absolute Gasteiger partial charge is 0.158 e. The van der Waals surface area contributed by atoms with E-state index in [0.29, 0.717) is 11.9 Å². The third-order valence-electron chi connectivity index (χ3n) is 3.11. The zero-order valence-corrected chi connectivity index (χ0v) is 9.78. The molecular weight excluding hydrogens is 210 g/mol. The van der Waals surface area contributed by atoms with E-state index in [1.165, 1.54) is 25.7 Å². The first-order valence-electron chi connectivity index (χ1n) is 5.37. The van der Waals surface area contributed by atoms with Gasteiger partial charge in [-0.05, 0) is 25.5 Å². The molecule has 1 fully saturated rings. The molecule has 0 aromatic carbocycles. The molecule has 84 valence electrons. The number of hydrogen-bond acceptors (Lipinski definition) is 4. The monoisotopic (exact) mass is 227 g/mol. The quantitative estimate of drug-likeness (QED) is 0.852. The molecule has 1 saturated carbocycles. The summed E-state index contributed by atoms with van der Waals surface area (Å²) in [5.41, 5.74) is 0. The Morgan fingerprint density at radius 3 is 3.20 bits per heavy atom. The Morgan fingerprint density at radius 1 is 1.60 bits per heavy atom. The topological polar surface area (TPSA) is 50.9 Å². The van der Waals surface area contributed by atoms with Crippen molar-refractivity contribution in [3.05, 3.63) is 12.2 Å². The Hall–Kier alpha value is -0.550. The van der Waals surface area contributed by atoms with Gasteiger partial charge in [0.2, 0.25) is 0 Å². The van der Waals surface area contributed by atoms with Crippen molar-refractivity contribution in [2.45, 2.75) is 43.6 Å². The molecule has 1 aliphatic carbocycles. The molecule has 0 radical (unpaired) electrons. The summed E-state index contributed by atoms with van der Waals surface area (Å²) < 4.78 is 2.04. The predicted octanol–water partition coefficient (Wildman–Crippen LogP) is 1.62. The second-order valence-corrected chi connectivity index (χ2v) is 5.13. The van der Waals surface area contributed by atoms with Gasteiger partial charge >= 0.3 is 0 Å². The summed E-state index contributed by atoms with van der Waals surface area (Å²) in [4.78, 5) is 0. The SMILES string of the molecule is CSC1CCCC(n2cnnc2CO)C1. The summed E-state index contributed by atoms with van der Waals surface area (Å²) in [6.07, 6.45) is 8.85. The highest BCUT2D eigenvalue weighted by molar-refractivity contribution is 7.99. The Morgan fingerprint density at radius 2 is 2.47 bits per heavy atom. The van der Waals surface area contributed by atoms with Crippen LogP contribution in [0.1, 0.15) is 37.5 Å². The lowest BCUT2D eigenvalue weighted by Gasteiger charge is -2.29. The van der Waals surface area contributed by atoms with Gasteiger partial charge in [0.25, 0.3) is 0 Å². The van der Waals surface area contributed by atoms with Crippen LogP contribution in [-0.2, 0) is 6.61 Å². The minimum Gasteiger partial charge on any atom is -0.388 e. The van der Waals surface area contributed by atoms with E-state index in [4.69, 9.17) is 5.11 Å². The molecule has 1 aromatic heterocycles. The lowest BCUT2D eigenvalue weighted by atomic mass is 9.95. The number of nitrogens with zero attached hydrogens (tertiary/aromatic N) is 3. The molecular formula is C10H17N3OS. The number of aromatic nitrogens is 3. The third kappa shape index (κ3) is 2.34. The molecule has 1 N–H and O–H groups in total. The fourth-order valence-electron chi connectivity index (χ4n) is 2.27. The van der Waals surface area contributed by atoms with E-state index in [2.05, 4.69) is 16.5 Å². The summed E-state index contributed by atoms with van der Waals surface area (Å²) in [5, 5.41) is 17.7. The lowest BCUT2D eigenvalue weighted by Crippen LogP contribution is -2.21. The molecule has 2 rings (SSSR count). The Kier molecular flexibility index (Phi) is 3.64. The van der Waals surface area contributed by atoms with Gasteiger partial charge in [-0.2, -0.15) is 11.8 Å². The van der Waals surface area contributed by atoms with Crippen molar-refractivity contribution in [1.29, 1.82) is 0 Å². The van der Waals surface area contributed by atoms with Crippen LogP contribution in [0.3, 0.4) is 0 Å². The van der Waals surface area contributed by atoms with Gasteiger partial charge in [0.1, 0.15) is 12.9 Å². The van der Waals surface area contributed by atoms with Crippen LogP contribution >= 0.6 is 11.8 Å². The molecule has 0 aliphatic heterocycles. The fourth-order valence-corrected chi connectivity index (χ4v) is 3.09. The van der Waals surface area contributed by atoms with Gasteiger partial charge in [-0.1, -0.05) is 6.42 Å². The van der Waals surface area contributed by atoms with E-state index >= 15 is 0 Å². The second-order valence-electron chi connectivity index (χ2n) is 3.99. The van der Waals surface area contributed by atoms with Crippen molar-refractivity contribution in [1.82, 2.24) is 14.8 Å². The number of rotatable bonds is 3. The average Bonchev–Trinajstić information content (AvgIpc) is 2.77. The fraction of sp³-hybridized carbons (Fsp3) is 0.800. The molecule has 5 heteroatoms. The van der Waals surface area contributed by atoms with Gasteiger partial charge in [0.15, 0.2) is 5.82 Å². The Balaban J connectivity index is 2.09. The van der Waals surface area contributed by atoms with E-state index in [1.807, 2.05) is 16.3 Å². The molecule has 4 nitrogen and oxygen atoms in total. The van der Waals surface area contributed by atoms with Crippen LogP contribution in [0.25, 0.3) is 0 Å². The molecule has 0 saturated heterocycles. The summed E-state index contributed by atoms with van der Waals surface area (Å²) in [5.74, 6) is 0.696. The zero-order valence-electron chi connectivity index (χ0n) is 8.96. The summed E-state index contributed by atoms with van der Waals surface area (Å²) in [6, 6.07) is 0.480. The van der Waals surface area contributed by atoms with Crippen molar-refractivity contribution in [2.75, 3.05) is 6.26 Å². The number of aliphatic hydroxyl groups is 1. The number of aliphatic hydroxyl groups excluding tert-OH is 1. The maximum absolute atomic E-state index is 9.13. The van der Waals surface area contributed by atoms with E-state index < -0.39 is 0 Å². The lowest BCUT2D eigenvalue weighted by molar-refractivity contribution is 0.252. The van der Waals surface area contributed by atoms with Crippen LogP contribution in [-0.4, -0.2) is 31.4 Å². The Bertz CT molecular complexity index is 315. The van der Waals surface area contributed by atoms with Crippen molar-refractivity contribution < 1.29 is 5.11 Å². The van der Waals surface area contributed by atoms with Crippen molar-refractivity contribution in [3.63, 3.8) is 0 Å². The van der Waals surface area contributed by atoms with E-state index in [1.54, 1.807) is 6.33 Å². The normalized spacial score (nSPS) is 26.8. The minimum atomic E-state index is -0.0135. The van der Waals surface area contributed by atoms with Crippen LogP contribution in [0.5, 0.6) is 0 Å². The molecule has 1 aliphatic rings. The molecule has 15 heavy (non-hydrogen) atoms. The first-order valence-corrected chi connectivity index (χ1v) is 6.66. The molecule has 2 unspecified atom stereocenters.